The van der Waals surface area contributed by atoms with Gasteiger partial charge in [-0.15, -0.1) is 0 Å². The molecule has 0 fully saturated rings. The molecule has 11 heavy (non-hydrogen) atoms. The second kappa shape index (κ2) is 2.65. The molecule has 0 saturated carbocycles. The third-order valence-corrected chi connectivity index (χ3v) is 2.56. The molecule has 0 N–H and O–H groups in total. The van der Waals surface area contributed by atoms with Gasteiger partial charge in [0.15, 0.2) is 0 Å². The molecule has 3 unspecified atom stereocenters. The maximum atomic E-state index is 4.45. The van der Waals surface area contributed by atoms with Crippen molar-refractivity contribution in [2.75, 3.05) is 0 Å². The van der Waals surface area contributed by atoms with Gasteiger partial charge in [0.1, 0.15) is 0 Å². The zero-order chi connectivity index (χ0) is 7.68. The molecule has 0 aromatic rings. The summed E-state index contributed by atoms with van der Waals surface area (Å²) in [6.45, 7) is 2.23. The molecule has 1 heterocycles. The molecule has 3 atom stereocenters. The van der Waals surface area contributed by atoms with Crippen LogP contribution in [-0.4, -0.2) is 12.3 Å². The summed E-state index contributed by atoms with van der Waals surface area (Å²) in [7, 11) is 0. The number of nitrogens with zero attached hydrogens (tertiary/aromatic N) is 1. The van der Waals surface area contributed by atoms with Crippen LogP contribution < -0.4 is 0 Å². The summed E-state index contributed by atoms with van der Waals surface area (Å²) < 4.78 is 0. The van der Waals surface area contributed by atoms with E-state index in [0.717, 1.165) is 0 Å². The highest BCUT2D eigenvalue weighted by atomic mass is 14.8. The first kappa shape index (κ1) is 6.84. The van der Waals surface area contributed by atoms with E-state index in [1.807, 2.05) is 0 Å². The van der Waals surface area contributed by atoms with Crippen LogP contribution in [0.4, 0.5) is 0 Å². The summed E-state index contributed by atoms with van der Waals surface area (Å²) >= 11 is 0. The van der Waals surface area contributed by atoms with E-state index in [0.29, 0.717) is 17.9 Å². The van der Waals surface area contributed by atoms with Gasteiger partial charge in [-0.05, 0) is 6.42 Å². The van der Waals surface area contributed by atoms with E-state index >= 15 is 0 Å². The third kappa shape index (κ3) is 1.05. The Labute approximate surface area is 67.5 Å². The highest BCUT2D eigenvalue weighted by molar-refractivity contribution is 5.66. The predicted molar refractivity (Wildman–Crippen MR) is 47.8 cm³/mol. The van der Waals surface area contributed by atoms with Crippen molar-refractivity contribution in [3.8, 4) is 0 Å². The number of hydrogen-bond acceptors (Lipinski definition) is 1. The maximum absolute atomic E-state index is 4.45. The van der Waals surface area contributed by atoms with Gasteiger partial charge >= 0.3 is 0 Å². The summed E-state index contributed by atoms with van der Waals surface area (Å²) in [4.78, 5) is 4.45. The lowest BCUT2D eigenvalue weighted by Gasteiger charge is -2.18. The van der Waals surface area contributed by atoms with Crippen molar-refractivity contribution in [1.82, 2.24) is 0 Å². The monoisotopic (exact) mass is 147 g/mol. The highest BCUT2D eigenvalue weighted by Gasteiger charge is 2.28. The van der Waals surface area contributed by atoms with Crippen molar-refractivity contribution in [3.05, 3.63) is 24.3 Å². The summed E-state index contributed by atoms with van der Waals surface area (Å²) in [5.41, 5.74) is 0. The predicted octanol–water partition coefficient (Wildman–Crippen LogP) is 2.21. The average Bonchev–Trinajstić information content (AvgIpc) is 2.47. The Bertz CT molecular complexity index is 225. The van der Waals surface area contributed by atoms with Crippen LogP contribution >= 0.6 is 0 Å². The Morgan fingerprint density at radius 1 is 1.27 bits per heavy atom. The molecular weight excluding hydrogens is 134 g/mol. The molecule has 0 spiro atoms. The van der Waals surface area contributed by atoms with Gasteiger partial charge in [-0.25, -0.2) is 0 Å². The van der Waals surface area contributed by atoms with Crippen LogP contribution in [0.1, 0.15) is 13.3 Å². The van der Waals surface area contributed by atoms with Crippen molar-refractivity contribution in [3.63, 3.8) is 0 Å². The van der Waals surface area contributed by atoms with Gasteiger partial charge in [0.05, 0.1) is 6.04 Å². The lowest BCUT2D eigenvalue weighted by Crippen LogP contribution is -2.18. The fourth-order valence-electron chi connectivity index (χ4n) is 1.84. The minimum absolute atomic E-state index is 0.449. The first-order valence-corrected chi connectivity index (χ1v) is 4.30. The molecule has 58 valence electrons. The van der Waals surface area contributed by atoms with Crippen molar-refractivity contribution in [2.45, 2.75) is 19.4 Å². The number of rotatable bonds is 1. The molecule has 0 aromatic carbocycles. The molecule has 0 radical (unpaired) electrons. The van der Waals surface area contributed by atoms with Gasteiger partial charge < -0.3 is 0 Å². The largest absolute Gasteiger partial charge is 0.289 e. The zero-order valence-electron chi connectivity index (χ0n) is 6.77. The minimum Gasteiger partial charge on any atom is -0.289 e. The molecular formula is C10H13N. The molecule has 1 nitrogen and oxygen atoms in total. The molecule has 0 aromatic heterocycles. The number of fused-ring (bicyclic) bond motifs is 1. The van der Waals surface area contributed by atoms with E-state index in [1.54, 1.807) is 0 Å². The van der Waals surface area contributed by atoms with E-state index in [1.165, 1.54) is 6.42 Å². The van der Waals surface area contributed by atoms with Crippen LogP contribution in [0.3, 0.4) is 0 Å². The third-order valence-electron chi connectivity index (χ3n) is 2.56. The van der Waals surface area contributed by atoms with Crippen LogP contribution in [0.2, 0.25) is 0 Å². The second-order valence-electron chi connectivity index (χ2n) is 3.21. The Morgan fingerprint density at radius 2 is 2.09 bits per heavy atom. The van der Waals surface area contributed by atoms with Crippen molar-refractivity contribution < 1.29 is 0 Å². The quantitative estimate of drug-likeness (QED) is 0.539. The Hall–Kier alpha value is -0.850. The highest BCUT2D eigenvalue weighted by Crippen LogP contribution is 2.30. The van der Waals surface area contributed by atoms with E-state index in [2.05, 4.69) is 42.4 Å². The lowest BCUT2D eigenvalue weighted by atomic mass is 9.86. The van der Waals surface area contributed by atoms with E-state index in [9.17, 15) is 0 Å². The van der Waals surface area contributed by atoms with Gasteiger partial charge in [-0.1, -0.05) is 31.2 Å². The topological polar surface area (TPSA) is 12.4 Å². The van der Waals surface area contributed by atoms with Gasteiger partial charge in [0, 0.05) is 18.1 Å². The molecule has 1 aliphatic heterocycles. The molecule has 2 rings (SSSR count). The van der Waals surface area contributed by atoms with Gasteiger partial charge in [-0.2, -0.15) is 0 Å². The molecule has 0 saturated heterocycles. The lowest BCUT2D eigenvalue weighted by molar-refractivity contribution is 0.489. The first-order valence-electron chi connectivity index (χ1n) is 4.30. The summed E-state index contributed by atoms with van der Waals surface area (Å²) in [5.74, 6) is 1.34. The Balaban J connectivity index is 2.18. The molecule has 0 amide bonds. The Kier molecular flexibility index (Phi) is 1.65. The van der Waals surface area contributed by atoms with E-state index in [-0.39, 0.29) is 0 Å². The molecule has 2 aliphatic rings. The average molecular weight is 147 g/mol. The van der Waals surface area contributed by atoms with Crippen LogP contribution in [0.25, 0.3) is 0 Å². The van der Waals surface area contributed by atoms with Gasteiger partial charge in [0.25, 0.3) is 0 Å². The van der Waals surface area contributed by atoms with Crippen LogP contribution in [0.15, 0.2) is 29.3 Å². The summed E-state index contributed by atoms with van der Waals surface area (Å²) in [6.07, 6.45) is 12.0. The van der Waals surface area contributed by atoms with Crippen LogP contribution in [-0.2, 0) is 0 Å². The summed E-state index contributed by atoms with van der Waals surface area (Å²) in [5, 5.41) is 0. The smallest absolute Gasteiger partial charge is 0.0748 e. The summed E-state index contributed by atoms with van der Waals surface area (Å²) in [6, 6.07) is 0.449. The van der Waals surface area contributed by atoms with Gasteiger partial charge in [0.2, 0.25) is 0 Å². The zero-order valence-corrected chi connectivity index (χ0v) is 6.77. The van der Waals surface area contributed by atoms with Gasteiger partial charge in [-0.3, -0.25) is 4.99 Å². The number of hydrogen-bond donors (Lipinski definition) is 0. The number of allylic oxidation sites excluding steroid dienone is 2. The standard InChI is InChI=1S/C10H13N/c1-2-8-7-11-10-6-4-3-5-9(8)10/h3-10H,2H2,1H3. The first-order chi connectivity index (χ1) is 5.42. The molecule has 1 aliphatic carbocycles. The van der Waals surface area contributed by atoms with Crippen LogP contribution in [0.5, 0.6) is 0 Å². The fourth-order valence-corrected chi connectivity index (χ4v) is 1.84. The van der Waals surface area contributed by atoms with E-state index in [4.69, 9.17) is 0 Å². The SMILES string of the molecule is CCC1C=NC2C=CC=CC12. The van der Waals surface area contributed by atoms with Crippen molar-refractivity contribution in [2.24, 2.45) is 16.8 Å². The minimum atomic E-state index is 0.449. The normalized spacial score (nSPS) is 39.5. The molecule has 0 bridgehead atoms. The van der Waals surface area contributed by atoms with E-state index < -0.39 is 0 Å². The number of aliphatic imine (C=N–C) groups is 1. The Morgan fingerprint density at radius 3 is 2.91 bits per heavy atom. The van der Waals surface area contributed by atoms with Crippen LogP contribution in [0, 0.1) is 11.8 Å². The van der Waals surface area contributed by atoms with Crippen molar-refractivity contribution in [1.29, 1.82) is 0 Å². The van der Waals surface area contributed by atoms with Crippen molar-refractivity contribution >= 4 is 6.21 Å². The molecule has 1 heteroatoms. The second-order valence-corrected chi connectivity index (χ2v) is 3.21. The maximum Gasteiger partial charge on any atom is 0.0748 e. The fraction of sp³-hybridized carbons (Fsp3) is 0.500.